The highest BCUT2D eigenvalue weighted by Gasteiger charge is 2.49. The number of hydrogen-bond acceptors (Lipinski definition) is 2. The van der Waals surface area contributed by atoms with Gasteiger partial charge >= 0.3 is 0 Å². The number of nitrogens with one attached hydrogen (secondary N) is 2. The SMILES string of the molecule is Cc1c(NC(=O)C2(Cc3ccccc3)CC2)n[nH]c1C1CC1. The van der Waals surface area contributed by atoms with Crippen LogP contribution < -0.4 is 5.32 Å². The van der Waals surface area contributed by atoms with Crippen molar-refractivity contribution >= 4 is 11.7 Å². The van der Waals surface area contributed by atoms with E-state index in [9.17, 15) is 4.79 Å². The maximum atomic E-state index is 12.7. The number of benzene rings is 1. The number of H-pyrrole nitrogens is 1. The van der Waals surface area contributed by atoms with Gasteiger partial charge in [0, 0.05) is 17.2 Å². The molecule has 2 N–H and O–H groups in total. The summed E-state index contributed by atoms with van der Waals surface area (Å²) in [6.45, 7) is 2.05. The molecule has 0 saturated heterocycles. The summed E-state index contributed by atoms with van der Waals surface area (Å²) in [5.74, 6) is 1.46. The van der Waals surface area contributed by atoms with Gasteiger partial charge in [-0.05, 0) is 44.6 Å². The van der Waals surface area contributed by atoms with Crippen LogP contribution >= 0.6 is 0 Å². The normalized spacial score (nSPS) is 19.0. The first kappa shape index (κ1) is 13.6. The molecule has 2 aliphatic carbocycles. The second-order valence-electron chi connectivity index (χ2n) is 6.78. The minimum Gasteiger partial charge on any atom is -0.308 e. The highest BCUT2D eigenvalue weighted by atomic mass is 16.2. The summed E-state index contributed by atoms with van der Waals surface area (Å²) in [4.78, 5) is 12.7. The predicted octanol–water partition coefficient (Wildman–Crippen LogP) is 3.56. The van der Waals surface area contributed by atoms with Crippen molar-refractivity contribution in [3.05, 3.63) is 47.2 Å². The van der Waals surface area contributed by atoms with E-state index in [2.05, 4.69) is 27.6 Å². The number of carbonyl (C=O) groups excluding carboxylic acids is 1. The minimum absolute atomic E-state index is 0.119. The fourth-order valence-corrected chi connectivity index (χ4v) is 3.16. The molecule has 0 aliphatic heterocycles. The molecule has 1 aromatic carbocycles. The van der Waals surface area contributed by atoms with Crippen molar-refractivity contribution in [2.45, 2.75) is 44.9 Å². The van der Waals surface area contributed by atoms with Crippen LogP contribution in [0, 0.1) is 12.3 Å². The first-order valence-electron chi connectivity index (χ1n) is 8.08. The third kappa shape index (κ3) is 2.43. The number of carbonyl (C=O) groups is 1. The average molecular weight is 295 g/mol. The van der Waals surface area contributed by atoms with Crippen LogP contribution in [0.25, 0.3) is 0 Å². The van der Waals surface area contributed by atoms with Crippen LogP contribution in [0.15, 0.2) is 30.3 Å². The number of rotatable bonds is 5. The van der Waals surface area contributed by atoms with Crippen molar-refractivity contribution in [2.75, 3.05) is 5.32 Å². The Kier molecular flexibility index (Phi) is 3.06. The Labute approximate surface area is 130 Å². The largest absolute Gasteiger partial charge is 0.308 e. The van der Waals surface area contributed by atoms with E-state index >= 15 is 0 Å². The number of nitrogens with zero attached hydrogens (tertiary/aromatic N) is 1. The smallest absolute Gasteiger partial charge is 0.232 e. The predicted molar refractivity (Wildman–Crippen MR) is 85.7 cm³/mol. The van der Waals surface area contributed by atoms with E-state index in [1.54, 1.807) is 0 Å². The van der Waals surface area contributed by atoms with Crippen molar-refractivity contribution in [1.29, 1.82) is 0 Å². The molecular formula is C18H21N3O. The highest BCUT2D eigenvalue weighted by molar-refractivity contribution is 5.97. The maximum absolute atomic E-state index is 12.7. The van der Waals surface area contributed by atoms with Gasteiger partial charge in [-0.3, -0.25) is 9.89 Å². The maximum Gasteiger partial charge on any atom is 0.232 e. The van der Waals surface area contributed by atoms with Gasteiger partial charge in [0.25, 0.3) is 0 Å². The van der Waals surface area contributed by atoms with Crippen LogP contribution in [-0.4, -0.2) is 16.1 Å². The lowest BCUT2D eigenvalue weighted by molar-refractivity contribution is -0.121. The van der Waals surface area contributed by atoms with Crippen molar-refractivity contribution in [3.8, 4) is 0 Å². The fourth-order valence-electron chi connectivity index (χ4n) is 3.16. The molecule has 4 nitrogen and oxygen atoms in total. The minimum atomic E-state index is -0.230. The van der Waals surface area contributed by atoms with E-state index in [1.807, 2.05) is 25.1 Å². The molecule has 0 bridgehead atoms. The molecule has 22 heavy (non-hydrogen) atoms. The topological polar surface area (TPSA) is 57.8 Å². The van der Waals surface area contributed by atoms with Gasteiger partial charge in [-0.2, -0.15) is 5.10 Å². The zero-order valence-electron chi connectivity index (χ0n) is 12.9. The van der Waals surface area contributed by atoms with Gasteiger partial charge < -0.3 is 5.32 Å². The molecule has 1 heterocycles. The molecule has 4 rings (SSSR count). The van der Waals surface area contributed by atoms with Crippen LogP contribution in [0.4, 0.5) is 5.82 Å². The third-order valence-corrected chi connectivity index (χ3v) is 4.99. The molecule has 2 aromatic rings. The van der Waals surface area contributed by atoms with Crippen LogP contribution in [0.1, 0.15) is 48.4 Å². The van der Waals surface area contributed by atoms with E-state index in [-0.39, 0.29) is 11.3 Å². The van der Waals surface area contributed by atoms with E-state index < -0.39 is 0 Å². The first-order chi connectivity index (χ1) is 10.7. The summed E-state index contributed by atoms with van der Waals surface area (Å²) >= 11 is 0. The molecule has 0 atom stereocenters. The van der Waals surface area contributed by atoms with Crippen LogP contribution in [0.2, 0.25) is 0 Å². The second kappa shape index (κ2) is 4.97. The van der Waals surface area contributed by atoms with Crippen LogP contribution in [0.3, 0.4) is 0 Å². The van der Waals surface area contributed by atoms with Gasteiger partial charge in [0.1, 0.15) is 0 Å². The lowest BCUT2D eigenvalue weighted by atomic mass is 9.95. The summed E-state index contributed by atoms with van der Waals surface area (Å²) in [7, 11) is 0. The molecule has 0 radical (unpaired) electrons. The summed E-state index contributed by atoms with van der Waals surface area (Å²) < 4.78 is 0. The van der Waals surface area contributed by atoms with Gasteiger partial charge in [0.2, 0.25) is 5.91 Å². The molecule has 4 heteroatoms. The Morgan fingerprint density at radius 3 is 2.68 bits per heavy atom. The Hall–Kier alpha value is -2.10. The average Bonchev–Trinajstić information content (AvgIpc) is 3.43. The summed E-state index contributed by atoms with van der Waals surface area (Å²) in [5.41, 5.74) is 3.30. The monoisotopic (exact) mass is 295 g/mol. The number of aromatic nitrogens is 2. The zero-order valence-corrected chi connectivity index (χ0v) is 12.9. The Balaban J connectivity index is 1.47. The summed E-state index contributed by atoms with van der Waals surface area (Å²) in [6.07, 6.45) is 5.21. The van der Waals surface area contributed by atoms with Crippen molar-refractivity contribution in [1.82, 2.24) is 10.2 Å². The van der Waals surface area contributed by atoms with Gasteiger partial charge in [-0.25, -0.2) is 0 Å². The Morgan fingerprint density at radius 2 is 2.05 bits per heavy atom. The van der Waals surface area contributed by atoms with Gasteiger partial charge in [0.05, 0.1) is 5.41 Å². The molecule has 0 spiro atoms. The zero-order chi connectivity index (χ0) is 15.2. The molecule has 0 unspecified atom stereocenters. The van der Waals surface area contributed by atoms with E-state index in [1.165, 1.54) is 24.1 Å². The fraction of sp³-hybridized carbons (Fsp3) is 0.444. The van der Waals surface area contributed by atoms with Crippen LogP contribution in [-0.2, 0) is 11.2 Å². The van der Waals surface area contributed by atoms with Gasteiger partial charge in [0.15, 0.2) is 5.82 Å². The lowest BCUT2D eigenvalue weighted by Gasteiger charge is -2.14. The quantitative estimate of drug-likeness (QED) is 0.886. The first-order valence-corrected chi connectivity index (χ1v) is 8.08. The van der Waals surface area contributed by atoms with Gasteiger partial charge in [-0.15, -0.1) is 0 Å². The van der Waals surface area contributed by atoms with Crippen molar-refractivity contribution in [3.63, 3.8) is 0 Å². The van der Waals surface area contributed by atoms with Gasteiger partial charge in [-0.1, -0.05) is 30.3 Å². The molecule has 2 aliphatic rings. The molecule has 1 aromatic heterocycles. The van der Waals surface area contributed by atoms with Crippen molar-refractivity contribution < 1.29 is 4.79 Å². The number of aromatic amines is 1. The third-order valence-electron chi connectivity index (χ3n) is 4.99. The molecule has 1 amide bonds. The number of anilines is 1. The number of hydrogen-bond donors (Lipinski definition) is 2. The summed E-state index contributed by atoms with van der Waals surface area (Å²) in [6, 6.07) is 10.3. The molecule has 2 fully saturated rings. The van der Waals surface area contributed by atoms with E-state index in [4.69, 9.17) is 0 Å². The van der Waals surface area contributed by atoms with E-state index in [0.29, 0.717) is 11.7 Å². The van der Waals surface area contributed by atoms with E-state index in [0.717, 1.165) is 24.8 Å². The Bertz CT molecular complexity index is 696. The Morgan fingerprint density at radius 1 is 1.32 bits per heavy atom. The molecule has 2 saturated carbocycles. The molecular weight excluding hydrogens is 274 g/mol. The summed E-state index contributed by atoms with van der Waals surface area (Å²) in [5, 5.41) is 10.5. The second-order valence-corrected chi connectivity index (χ2v) is 6.78. The number of amides is 1. The van der Waals surface area contributed by atoms with Crippen molar-refractivity contribution in [2.24, 2.45) is 5.41 Å². The van der Waals surface area contributed by atoms with Crippen LogP contribution in [0.5, 0.6) is 0 Å². The standard InChI is InChI=1S/C18H21N3O/c1-12-15(14-7-8-14)20-21-16(12)19-17(22)18(9-10-18)11-13-5-3-2-4-6-13/h2-6,14H,7-11H2,1H3,(H2,19,20,21,22). The molecule has 114 valence electrons. The highest BCUT2D eigenvalue weighted by Crippen LogP contribution is 2.49. The lowest BCUT2D eigenvalue weighted by Crippen LogP contribution is -2.26.